The van der Waals surface area contributed by atoms with Crippen molar-refractivity contribution in [1.82, 2.24) is 9.80 Å². The van der Waals surface area contributed by atoms with Gasteiger partial charge in [0, 0.05) is 31.8 Å². The van der Waals surface area contributed by atoms with E-state index >= 15 is 0 Å². The lowest BCUT2D eigenvalue weighted by atomic mass is 9.80. The molecular formula is C27H26N4O6S2. The molecule has 202 valence electrons. The smallest absolute Gasteiger partial charge is 0.280 e. The number of nitrogens with zero attached hydrogens (tertiary/aromatic N) is 4. The number of ether oxygens (including phenoxy) is 1. The van der Waals surface area contributed by atoms with Crippen molar-refractivity contribution in [1.29, 1.82) is 5.26 Å². The summed E-state index contributed by atoms with van der Waals surface area (Å²) in [4.78, 5) is 31.3. The van der Waals surface area contributed by atoms with Crippen molar-refractivity contribution < 1.29 is 27.9 Å². The number of methoxy groups -OCH3 is 1. The highest BCUT2D eigenvalue weighted by atomic mass is 32.2. The van der Waals surface area contributed by atoms with Gasteiger partial charge in [-0.15, -0.1) is 11.3 Å². The van der Waals surface area contributed by atoms with Crippen LogP contribution in [0.1, 0.15) is 23.1 Å². The molecule has 5 rings (SSSR count). The lowest BCUT2D eigenvalue weighted by molar-refractivity contribution is -0.138. The van der Waals surface area contributed by atoms with Crippen LogP contribution in [0.4, 0.5) is 5.69 Å². The Morgan fingerprint density at radius 3 is 2.56 bits per heavy atom. The summed E-state index contributed by atoms with van der Waals surface area (Å²) < 4.78 is 34.3. The molecular weight excluding hydrogens is 540 g/mol. The average molecular weight is 567 g/mol. The van der Waals surface area contributed by atoms with Crippen molar-refractivity contribution >= 4 is 38.9 Å². The summed E-state index contributed by atoms with van der Waals surface area (Å²) in [7, 11) is 0.204. The number of hydrogen-bond donors (Lipinski definition) is 1. The lowest BCUT2D eigenvalue weighted by Gasteiger charge is -2.42. The maximum Gasteiger partial charge on any atom is 0.280 e. The summed E-state index contributed by atoms with van der Waals surface area (Å²) >= 11 is 0.973. The molecule has 39 heavy (non-hydrogen) atoms. The van der Waals surface area contributed by atoms with E-state index in [4.69, 9.17) is 4.74 Å². The topological polar surface area (TPSA) is 131 Å². The molecule has 1 fully saturated rings. The van der Waals surface area contributed by atoms with Crippen LogP contribution < -0.4 is 9.04 Å². The molecule has 0 saturated carbocycles. The molecule has 0 radical (unpaired) electrons. The van der Waals surface area contributed by atoms with Crippen LogP contribution >= 0.6 is 11.3 Å². The quantitative estimate of drug-likeness (QED) is 0.480. The van der Waals surface area contributed by atoms with Crippen LogP contribution in [0.3, 0.4) is 0 Å². The number of carbonyl (C=O) groups excluding carboxylic acids is 2. The number of aliphatic hydroxyl groups excluding tert-OH is 1. The fourth-order valence-corrected chi connectivity index (χ4v) is 8.06. The molecule has 0 aliphatic carbocycles. The second kappa shape index (κ2) is 9.77. The highest BCUT2D eigenvalue weighted by Crippen LogP contribution is 2.54. The second-order valence-corrected chi connectivity index (χ2v) is 12.5. The molecule has 3 heterocycles. The van der Waals surface area contributed by atoms with E-state index in [1.165, 1.54) is 36.3 Å². The molecule has 0 spiro atoms. The summed E-state index contributed by atoms with van der Waals surface area (Å²) in [5.41, 5.74) is -1.14. The Morgan fingerprint density at radius 2 is 1.92 bits per heavy atom. The molecule has 2 amide bonds. The van der Waals surface area contributed by atoms with E-state index in [2.05, 4.69) is 6.07 Å². The molecule has 1 saturated heterocycles. The molecule has 1 unspecified atom stereocenters. The van der Waals surface area contributed by atoms with Crippen molar-refractivity contribution in [3.05, 3.63) is 76.7 Å². The van der Waals surface area contributed by atoms with E-state index in [0.29, 0.717) is 5.56 Å². The van der Waals surface area contributed by atoms with Gasteiger partial charge in [0.2, 0.25) is 5.91 Å². The number of thiophene rings is 1. The van der Waals surface area contributed by atoms with Gasteiger partial charge in [0.05, 0.1) is 36.6 Å². The minimum absolute atomic E-state index is 0.0339. The fourth-order valence-electron chi connectivity index (χ4n) is 5.54. The van der Waals surface area contributed by atoms with E-state index < -0.39 is 33.6 Å². The average Bonchev–Trinajstić information content (AvgIpc) is 3.65. The van der Waals surface area contributed by atoms with E-state index in [-0.39, 0.29) is 45.6 Å². The largest absolute Gasteiger partial charge is 0.496 e. The van der Waals surface area contributed by atoms with Gasteiger partial charge in [-0.3, -0.25) is 14.5 Å². The Balaban J connectivity index is 1.90. The first-order valence-electron chi connectivity index (χ1n) is 12.1. The molecule has 0 bridgehead atoms. The van der Waals surface area contributed by atoms with Crippen LogP contribution in [-0.2, 0) is 25.2 Å². The van der Waals surface area contributed by atoms with Gasteiger partial charge < -0.3 is 14.7 Å². The van der Waals surface area contributed by atoms with Crippen LogP contribution in [0.5, 0.6) is 5.75 Å². The third-order valence-electron chi connectivity index (χ3n) is 7.15. The van der Waals surface area contributed by atoms with Crippen LogP contribution in [0.2, 0.25) is 0 Å². The molecule has 2 aromatic carbocycles. The van der Waals surface area contributed by atoms with E-state index in [1.54, 1.807) is 54.7 Å². The Kier molecular flexibility index (Phi) is 6.72. The summed E-state index contributed by atoms with van der Waals surface area (Å²) in [5, 5.41) is 22.2. The number of nitriles is 1. The molecule has 3 aromatic rings. The molecule has 12 heteroatoms. The Hall–Kier alpha value is -3.76. The number of para-hydroxylation sites is 1. The van der Waals surface area contributed by atoms with Gasteiger partial charge in [-0.1, -0.05) is 24.3 Å². The summed E-state index contributed by atoms with van der Waals surface area (Å²) in [5.74, 6) is -0.922. The first kappa shape index (κ1) is 26.8. The number of amides is 2. The normalized spacial score (nSPS) is 22.9. The van der Waals surface area contributed by atoms with Gasteiger partial charge in [-0.05, 0) is 42.1 Å². The number of likely N-dealkylation sites (N-methyl/N-ethyl adjacent to an activating group) is 1. The zero-order chi connectivity index (χ0) is 28.1. The van der Waals surface area contributed by atoms with Crippen molar-refractivity contribution in [3.63, 3.8) is 0 Å². The van der Waals surface area contributed by atoms with Gasteiger partial charge in [0.25, 0.3) is 15.9 Å². The van der Waals surface area contributed by atoms with Gasteiger partial charge in [-0.2, -0.15) is 18.0 Å². The summed E-state index contributed by atoms with van der Waals surface area (Å²) in [6.45, 7) is -0.100. The predicted molar refractivity (Wildman–Crippen MR) is 144 cm³/mol. The third kappa shape index (κ3) is 3.92. The monoisotopic (exact) mass is 566 g/mol. The minimum atomic E-state index is -4.38. The molecule has 2 aliphatic heterocycles. The Morgan fingerprint density at radius 1 is 1.18 bits per heavy atom. The first-order valence-corrected chi connectivity index (χ1v) is 14.4. The van der Waals surface area contributed by atoms with Gasteiger partial charge in [0.15, 0.2) is 5.54 Å². The molecule has 3 atom stereocenters. The van der Waals surface area contributed by atoms with Gasteiger partial charge in [0.1, 0.15) is 9.96 Å². The van der Waals surface area contributed by atoms with Crippen molar-refractivity contribution in [2.45, 2.75) is 28.3 Å². The van der Waals surface area contributed by atoms with Crippen LogP contribution in [0.15, 0.2) is 64.2 Å². The van der Waals surface area contributed by atoms with Crippen LogP contribution in [-0.4, -0.2) is 75.0 Å². The minimum Gasteiger partial charge on any atom is -0.496 e. The number of rotatable bonds is 6. The molecule has 1 aromatic heterocycles. The number of β-amino-alcohol motifs (C(OH)–C–C–N with tert-alkyl or cyclic N) is 1. The Bertz CT molecular complexity index is 1600. The van der Waals surface area contributed by atoms with Crippen LogP contribution in [0.25, 0.3) is 0 Å². The van der Waals surface area contributed by atoms with Gasteiger partial charge in [-0.25, -0.2) is 0 Å². The lowest BCUT2D eigenvalue weighted by Crippen LogP contribution is -2.59. The maximum atomic E-state index is 14.9. The van der Waals surface area contributed by atoms with E-state index in [9.17, 15) is 28.4 Å². The second-order valence-electron chi connectivity index (χ2n) is 9.55. The highest BCUT2D eigenvalue weighted by Gasteiger charge is 2.64. The number of benzene rings is 2. The van der Waals surface area contributed by atoms with Crippen molar-refractivity contribution in [2.24, 2.45) is 0 Å². The molecule has 10 nitrogen and oxygen atoms in total. The summed E-state index contributed by atoms with van der Waals surface area (Å²) in [6.07, 6.45) is -0.935. The zero-order valence-electron chi connectivity index (χ0n) is 21.4. The molecule has 2 aliphatic rings. The third-order valence-corrected chi connectivity index (χ3v) is 10.2. The number of sulfonamides is 1. The number of aliphatic hydroxyl groups is 1. The van der Waals surface area contributed by atoms with E-state index in [0.717, 1.165) is 15.6 Å². The number of carbonyl (C=O) groups is 2. The highest BCUT2D eigenvalue weighted by molar-refractivity contribution is 7.95. The van der Waals surface area contributed by atoms with Crippen LogP contribution in [0, 0.1) is 11.3 Å². The predicted octanol–water partition coefficient (Wildman–Crippen LogP) is 2.13. The number of anilines is 1. The number of fused-ring (bicyclic) bond motifs is 1. The van der Waals surface area contributed by atoms with Crippen molar-refractivity contribution in [2.75, 3.05) is 32.1 Å². The zero-order valence-corrected chi connectivity index (χ0v) is 23.1. The van der Waals surface area contributed by atoms with E-state index in [1.807, 2.05) is 0 Å². The SMILES string of the molecule is COc1ccccc1C1(N2C[C@H](O)C[C@H]2C(=O)N(C)C)C(=O)N(S(=O)(=O)c2cccs2)c2ccc(C#N)cc21. The number of hydrogen-bond acceptors (Lipinski definition) is 9. The van der Waals surface area contributed by atoms with Crippen molar-refractivity contribution in [3.8, 4) is 11.8 Å². The van der Waals surface area contributed by atoms with Gasteiger partial charge >= 0.3 is 0 Å². The standard InChI is InChI=1S/C27H26N4O6S2/c1-29(2)25(33)22-14-18(32)16-30(22)27(19-7-4-5-8-23(19)37-3)20-13-17(15-28)10-11-21(20)31(26(27)34)39(35,36)24-9-6-12-38-24/h4-13,18,22,32H,14,16H2,1-3H3/t18-,22+,27?/m1/s1. The maximum absolute atomic E-state index is 14.9. The Labute approximate surface area is 230 Å². The first-order chi connectivity index (χ1) is 18.6. The summed E-state index contributed by atoms with van der Waals surface area (Å²) in [6, 6.07) is 15.1. The molecule has 1 N–H and O–H groups in total. The number of likely N-dealkylation sites (tertiary alicyclic amines) is 1. The fraction of sp³-hybridized carbons (Fsp3) is 0.296.